The van der Waals surface area contributed by atoms with Gasteiger partial charge in [0.05, 0.1) is 5.56 Å². The van der Waals surface area contributed by atoms with Gasteiger partial charge < -0.3 is 5.32 Å². The quantitative estimate of drug-likeness (QED) is 0.600. The molecule has 0 aliphatic rings. The summed E-state index contributed by atoms with van der Waals surface area (Å²) in [5.41, 5.74) is -0.163. The Balaban J connectivity index is 2.05. The molecule has 0 saturated heterocycles. The normalized spacial score (nSPS) is 11.6. The molecule has 2 aromatic heterocycles. The maximum absolute atomic E-state index is 13.3. The predicted octanol–water partition coefficient (Wildman–Crippen LogP) is 2.43. The summed E-state index contributed by atoms with van der Waals surface area (Å²) in [5.74, 6) is -0.00600. The average Bonchev–Trinajstić information content (AvgIpc) is 3.05. The smallest absolute Gasteiger partial charge is 0.282 e. The number of nitrogens with zero attached hydrogens (tertiary/aromatic N) is 4. The van der Waals surface area contributed by atoms with Crippen LogP contribution in [-0.2, 0) is 16.4 Å². The van der Waals surface area contributed by atoms with Crippen molar-refractivity contribution in [2.45, 2.75) is 18.0 Å². The van der Waals surface area contributed by atoms with Crippen molar-refractivity contribution in [2.75, 3.05) is 11.6 Å². The molecule has 0 bridgehead atoms. The summed E-state index contributed by atoms with van der Waals surface area (Å²) in [7, 11) is -3.57. The van der Waals surface area contributed by atoms with Gasteiger partial charge in [-0.2, -0.15) is 9.78 Å². The molecule has 0 unspecified atom stereocenters. The Bertz CT molecular complexity index is 1080. The zero-order valence-corrected chi connectivity index (χ0v) is 15.4. The van der Waals surface area contributed by atoms with Crippen LogP contribution in [0.25, 0.3) is 5.82 Å². The fourth-order valence-electron chi connectivity index (χ4n) is 2.47. The van der Waals surface area contributed by atoms with Gasteiger partial charge in [-0.1, -0.05) is 30.3 Å². The Morgan fingerprint density at radius 2 is 1.86 bits per heavy atom. The topological polar surface area (TPSA) is 107 Å². The lowest BCUT2D eigenvalue weighted by Gasteiger charge is -2.10. The molecule has 0 radical (unpaired) electrons. The molecule has 3 rings (SSSR count). The van der Waals surface area contributed by atoms with Crippen molar-refractivity contribution in [1.82, 2.24) is 20.0 Å². The third-order valence-electron chi connectivity index (χ3n) is 3.80. The number of sulfone groups is 1. The van der Waals surface area contributed by atoms with Crippen molar-refractivity contribution in [3.8, 4) is 5.82 Å². The van der Waals surface area contributed by atoms with E-state index >= 15 is 0 Å². The lowest BCUT2D eigenvalue weighted by molar-refractivity contribution is 0.110. The minimum absolute atomic E-state index is 0.00978. The molecular weight excluding hydrogens is 392 g/mol. The van der Waals surface area contributed by atoms with E-state index in [9.17, 15) is 22.0 Å². The van der Waals surface area contributed by atoms with Crippen molar-refractivity contribution in [3.05, 3.63) is 59.3 Å². The Hall–Kier alpha value is -3.21. The first-order valence-electron chi connectivity index (χ1n) is 7.99. The number of hydrogen-bond donors (Lipinski definition) is 1. The number of carbonyl (C=O) groups excluding carboxylic acids is 1. The van der Waals surface area contributed by atoms with Gasteiger partial charge in [0.1, 0.15) is 11.5 Å². The lowest BCUT2D eigenvalue weighted by Crippen LogP contribution is -2.11. The SMILES string of the molecule is CS(=O)(=O)c1ccc(-n2nc(C(F)F)c(C=O)c2NCc2ccccc2)nn1. The van der Waals surface area contributed by atoms with Gasteiger partial charge in [-0.3, -0.25) is 4.79 Å². The van der Waals surface area contributed by atoms with Gasteiger partial charge >= 0.3 is 0 Å². The largest absolute Gasteiger partial charge is 0.365 e. The van der Waals surface area contributed by atoms with Gasteiger partial charge in [-0.25, -0.2) is 17.2 Å². The van der Waals surface area contributed by atoms with Crippen LogP contribution in [0.1, 0.15) is 28.0 Å². The molecule has 146 valence electrons. The average molecular weight is 407 g/mol. The second-order valence-corrected chi connectivity index (χ2v) is 7.78. The summed E-state index contributed by atoms with van der Waals surface area (Å²) in [6, 6.07) is 11.6. The third-order valence-corrected chi connectivity index (χ3v) is 4.78. The van der Waals surface area contributed by atoms with Crippen LogP contribution in [-0.4, -0.2) is 40.9 Å². The second-order valence-electron chi connectivity index (χ2n) is 5.82. The van der Waals surface area contributed by atoms with Gasteiger partial charge in [0, 0.05) is 12.8 Å². The summed E-state index contributed by atoms with van der Waals surface area (Å²) in [6.07, 6.45) is -1.73. The van der Waals surface area contributed by atoms with Crippen LogP contribution >= 0.6 is 0 Å². The minimum Gasteiger partial charge on any atom is -0.365 e. The van der Waals surface area contributed by atoms with Gasteiger partial charge in [-0.15, -0.1) is 10.2 Å². The number of rotatable bonds is 7. The number of aromatic nitrogens is 4. The number of alkyl halides is 2. The van der Waals surface area contributed by atoms with E-state index < -0.39 is 22.0 Å². The first-order valence-corrected chi connectivity index (χ1v) is 9.88. The van der Waals surface area contributed by atoms with E-state index in [-0.39, 0.29) is 35.1 Å². The van der Waals surface area contributed by atoms with Crippen LogP contribution < -0.4 is 5.32 Å². The maximum atomic E-state index is 13.3. The molecule has 0 saturated carbocycles. The fourth-order valence-corrected chi connectivity index (χ4v) is 2.97. The number of benzene rings is 1. The van der Waals surface area contributed by atoms with E-state index in [1.807, 2.05) is 30.3 Å². The van der Waals surface area contributed by atoms with E-state index in [0.717, 1.165) is 16.5 Å². The van der Waals surface area contributed by atoms with Crippen molar-refractivity contribution >= 4 is 21.9 Å². The molecule has 0 amide bonds. The lowest BCUT2D eigenvalue weighted by atomic mass is 10.2. The van der Waals surface area contributed by atoms with Crippen LogP contribution in [0.3, 0.4) is 0 Å². The Labute approximate surface area is 159 Å². The van der Waals surface area contributed by atoms with Gasteiger partial charge in [0.2, 0.25) is 0 Å². The summed E-state index contributed by atoms with van der Waals surface area (Å²) in [4.78, 5) is 11.5. The molecule has 8 nitrogen and oxygen atoms in total. The van der Waals surface area contributed by atoms with Crippen LogP contribution in [0.5, 0.6) is 0 Å². The first-order chi connectivity index (χ1) is 13.3. The second kappa shape index (κ2) is 7.80. The molecule has 1 aromatic carbocycles. The van der Waals surface area contributed by atoms with Crippen LogP contribution in [0, 0.1) is 0 Å². The molecule has 2 heterocycles. The molecule has 1 N–H and O–H groups in total. The number of halogens is 2. The summed E-state index contributed by atoms with van der Waals surface area (Å²) in [6.45, 7) is 0.241. The summed E-state index contributed by atoms with van der Waals surface area (Å²) >= 11 is 0. The van der Waals surface area contributed by atoms with Crippen LogP contribution in [0.2, 0.25) is 0 Å². The summed E-state index contributed by atoms with van der Waals surface area (Å²) < 4.78 is 50.7. The Morgan fingerprint density at radius 1 is 1.14 bits per heavy atom. The predicted molar refractivity (Wildman–Crippen MR) is 96.4 cm³/mol. The van der Waals surface area contributed by atoms with Crippen molar-refractivity contribution in [2.24, 2.45) is 0 Å². The third kappa shape index (κ3) is 4.03. The molecule has 0 atom stereocenters. The van der Waals surface area contributed by atoms with Gasteiger partial charge in [0.15, 0.2) is 27.0 Å². The molecule has 11 heteroatoms. The number of aldehydes is 1. The molecule has 0 spiro atoms. The number of carbonyl (C=O) groups is 1. The molecular formula is C17H15F2N5O3S. The van der Waals surface area contributed by atoms with E-state index in [1.165, 1.54) is 12.1 Å². The molecule has 0 aliphatic carbocycles. The Kier molecular flexibility index (Phi) is 5.45. The highest BCUT2D eigenvalue weighted by Gasteiger charge is 2.25. The highest BCUT2D eigenvalue weighted by molar-refractivity contribution is 7.90. The number of anilines is 1. The zero-order valence-electron chi connectivity index (χ0n) is 14.6. The number of hydrogen-bond acceptors (Lipinski definition) is 7. The van der Waals surface area contributed by atoms with Crippen molar-refractivity contribution in [1.29, 1.82) is 0 Å². The van der Waals surface area contributed by atoms with E-state index in [1.54, 1.807) is 0 Å². The molecule has 28 heavy (non-hydrogen) atoms. The maximum Gasteiger partial charge on any atom is 0.282 e. The van der Waals surface area contributed by atoms with Crippen LogP contribution in [0.15, 0.2) is 47.5 Å². The van der Waals surface area contributed by atoms with Crippen molar-refractivity contribution in [3.63, 3.8) is 0 Å². The standard InChI is InChI=1S/C17H15F2N5O3S/c1-28(26,27)14-8-7-13(21-22-14)24-17(12(10-25)15(23-24)16(18)19)20-9-11-5-3-2-4-6-11/h2-8,10,16,20H,9H2,1H3. The first kappa shape index (κ1) is 19.5. The van der Waals surface area contributed by atoms with E-state index in [0.29, 0.717) is 0 Å². The van der Waals surface area contributed by atoms with Gasteiger partial charge in [0.25, 0.3) is 6.43 Å². The molecule has 3 aromatic rings. The van der Waals surface area contributed by atoms with Crippen molar-refractivity contribution < 1.29 is 22.0 Å². The monoisotopic (exact) mass is 407 g/mol. The highest BCUT2D eigenvalue weighted by Crippen LogP contribution is 2.29. The molecule has 0 fully saturated rings. The van der Waals surface area contributed by atoms with E-state index in [4.69, 9.17) is 0 Å². The fraction of sp³-hybridized carbons (Fsp3) is 0.176. The Morgan fingerprint density at radius 3 is 2.39 bits per heavy atom. The summed E-state index contributed by atoms with van der Waals surface area (Å²) in [5, 5.41) is 13.8. The minimum atomic E-state index is -3.57. The van der Waals surface area contributed by atoms with Crippen LogP contribution in [0.4, 0.5) is 14.6 Å². The highest BCUT2D eigenvalue weighted by atomic mass is 32.2. The van der Waals surface area contributed by atoms with Gasteiger partial charge in [-0.05, 0) is 17.7 Å². The number of nitrogens with one attached hydrogen (secondary N) is 1. The zero-order chi connectivity index (χ0) is 20.3. The molecule has 0 aliphatic heterocycles. The van der Waals surface area contributed by atoms with E-state index in [2.05, 4.69) is 20.6 Å².